The topological polar surface area (TPSA) is 179 Å². The maximum absolute atomic E-state index is 13.4. The van der Waals surface area contributed by atoms with Crippen molar-refractivity contribution in [2.75, 3.05) is 5.73 Å². The van der Waals surface area contributed by atoms with Gasteiger partial charge in [-0.05, 0) is 25.0 Å². The number of hydrogen-bond acceptors (Lipinski definition) is 7. The molecule has 4 amide bonds. The average Bonchev–Trinajstić information content (AvgIpc) is 2.93. The summed E-state index contributed by atoms with van der Waals surface area (Å²) in [5.74, 6) is -4.09. The summed E-state index contributed by atoms with van der Waals surface area (Å²) in [4.78, 5) is 73.8. The van der Waals surface area contributed by atoms with Crippen LogP contribution >= 0.6 is 23.2 Å². The molecule has 0 aromatic heterocycles. The number of nitrogens with two attached hydrogens (primary N) is 1. The molecular formula is C21H21Cl2N5O7. The lowest BCUT2D eigenvalue weighted by Gasteiger charge is -2.39. The summed E-state index contributed by atoms with van der Waals surface area (Å²) in [7, 11) is 0. The number of nitrogen functional groups attached to an aromatic ring is 1. The predicted octanol–water partition coefficient (Wildman–Crippen LogP) is 0.484. The van der Waals surface area contributed by atoms with Crippen LogP contribution in [0.2, 0.25) is 10.0 Å². The number of nitrogens with one attached hydrogen (secondary N) is 2. The average molecular weight is 526 g/mol. The van der Waals surface area contributed by atoms with Gasteiger partial charge in [-0.25, -0.2) is 10.0 Å². The van der Waals surface area contributed by atoms with E-state index in [2.05, 4.69) is 10.6 Å². The minimum absolute atomic E-state index is 0.0101. The van der Waals surface area contributed by atoms with E-state index in [1.807, 2.05) is 0 Å². The van der Waals surface area contributed by atoms with Gasteiger partial charge in [0.15, 0.2) is 0 Å². The molecular weight excluding hydrogens is 505 g/mol. The molecule has 0 saturated carbocycles. The molecule has 12 nitrogen and oxygen atoms in total. The van der Waals surface area contributed by atoms with E-state index >= 15 is 0 Å². The number of carbonyl (C=O) groups excluding carboxylic acids is 5. The van der Waals surface area contributed by atoms with Gasteiger partial charge in [-0.3, -0.25) is 24.0 Å². The van der Waals surface area contributed by atoms with Gasteiger partial charge in [-0.15, -0.1) is 0 Å². The summed E-state index contributed by atoms with van der Waals surface area (Å²) in [6.45, 7) is 0. The fourth-order valence-corrected chi connectivity index (χ4v) is 4.14. The summed E-state index contributed by atoms with van der Waals surface area (Å²) in [5.41, 5.74) is 5.80. The molecule has 186 valence electrons. The van der Waals surface area contributed by atoms with Gasteiger partial charge in [0, 0.05) is 18.2 Å². The van der Waals surface area contributed by atoms with Crippen molar-refractivity contribution in [3.63, 3.8) is 0 Å². The number of aliphatic carboxylic acids is 1. The van der Waals surface area contributed by atoms with Crippen molar-refractivity contribution in [2.24, 2.45) is 0 Å². The van der Waals surface area contributed by atoms with Crippen molar-refractivity contribution in [3.8, 4) is 0 Å². The van der Waals surface area contributed by atoms with Crippen LogP contribution in [0, 0.1) is 0 Å². The summed E-state index contributed by atoms with van der Waals surface area (Å²) in [6, 6.07) is -1.22. The molecule has 35 heavy (non-hydrogen) atoms. The maximum atomic E-state index is 13.4. The third-order valence-electron chi connectivity index (χ3n) is 5.40. The SMILES string of the molecule is Nc1c(Cl)cc(C(=O)N[C@H]2CCC(=O)N3C=CC[C@@H](C(=O)N[C@H](C=O)CC(=O)O)N3C2=O)cc1Cl. The standard InChI is InChI=1S/C21H21Cl2N5O7/c22-12-6-10(7-13(23)18(12)24)19(33)26-14-3-4-16(30)27-5-1-2-15(28(27)21(14)35)20(34)25-11(9-29)8-17(31)32/h1,5-7,9,11,14-15H,2-4,8,24H2,(H,25,34)(H,26,33)(H,31,32)/t11-,14-,15-/m0/s1. The smallest absolute Gasteiger partial charge is 0.305 e. The lowest BCUT2D eigenvalue weighted by Crippen LogP contribution is -2.62. The summed E-state index contributed by atoms with van der Waals surface area (Å²) < 4.78 is 0. The van der Waals surface area contributed by atoms with Crippen LogP contribution in [0.25, 0.3) is 0 Å². The van der Waals surface area contributed by atoms with Crippen molar-refractivity contribution >= 4 is 64.8 Å². The molecule has 0 radical (unpaired) electrons. The molecule has 2 aliphatic heterocycles. The Morgan fingerprint density at radius 2 is 1.89 bits per heavy atom. The van der Waals surface area contributed by atoms with Crippen molar-refractivity contribution in [3.05, 3.63) is 40.0 Å². The van der Waals surface area contributed by atoms with Crippen LogP contribution in [0.3, 0.4) is 0 Å². The van der Waals surface area contributed by atoms with Crippen LogP contribution in [0.5, 0.6) is 0 Å². The van der Waals surface area contributed by atoms with Crippen molar-refractivity contribution in [1.29, 1.82) is 0 Å². The number of halogens is 2. The van der Waals surface area contributed by atoms with E-state index in [1.54, 1.807) is 0 Å². The summed E-state index contributed by atoms with van der Waals surface area (Å²) in [5, 5.41) is 15.7. The number of aldehydes is 1. The van der Waals surface area contributed by atoms with Gasteiger partial charge in [0.25, 0.3) is 11.8 Å². The molecule has 3 rings (SSSR count). The minimum Gasteiger partial charge on any atom is -0.481 e. The van der Waals surface area contributed by atoms with E-state index in [-0.39, 0.29) is 46.8 Å². The quantitative estimate of drug-likeness (QED) is 0.293. The van der Waals surface area contributed by atoms with Crippen LogP contribution in [0.15, 0.2) is 24.4 Å². The van der Waals surface area contributed by atoms with E-state index in [9.17, 15) is 28.8 Å². The Bertz CT molecular complexity index is 1100. The minimum atomic E-state index is -1.33. The fraction of sp³-hybridized carbons (Fsp3) is 0.333. The Hall–Kier alpha value is -3.64. The van der Waals surface area contributed by atoms with Gasteiger partial charge >= 0.3 is 5.97 Å². The molecule has 0 unspecified atom stereocenters. The first-order valence-electron chi connectivity index (χ1n) is 10.4. The number of amides is 4. The van der Waals surface area contributed by atoms with Crippen molar-refractivity contribution in [2.45, 2.75) is 43.8 Å². The zero-order valence-corrected chi connectivity index (χ0v) is 19.6. The first-order chi connectivity index (χ1) is 16.5. The third-order valence-corrected chi connectivity index (χ3v) is 6.02. The van der Waals surface area contributed by atoms with Gasteiger partial charge in [0.2, 0.25) is 11.8 Å². The van der Waals surface area contributed by atoms with Crippen LogP contribution in [0.4, 0.5) is 5.69 Å². The number of hydrazine groups is 1. The molecule has 1 saturated heterocycles. The first kappa shape index (κ1) is 26.0. The number of rotatable bonds is 7. The van der Waals surface area contributed by atoms with E-state index in [4.69, 9.17) is 34.0 Å². The Labute approximate surface area is 209 Å². The lowest BCUT2D eigenvalue weighted by molar-refractivity contribution is -0.166. The van der Waals surface area contributed by atoms with Crippen LogP contribution in [0.1, 0.15) is 36.0 Å². The molecule has 0 aliphatic carbocycles. The van der Waals surface area contributed by atoms with E-state index in [1.165, 1.54) is 24.4 Å². The van der Waals surface area contributed by atoms with Gasteiger partial charge in [-0.2, -0.15) is 0 Å². The highest BCUT2D eigenvalue weighted by atomic mass is 35.5. The van der Waals surface area contributed by atoms with Gasteiger partial charge < -0.3 is 26.3 Å². The monoisotopic (exact) mass is 525 g/mol. The second kappa shape index (κ2) is 10.7. The Morgan fingerprint density at radius 1 is 1.23 bits per heavy atom. The maximum Gasteiger partial charge on any atom is 0.305 e. The van der Waals surface area contributed by atoms with Gasteiger partial charge in [0.1, 0.15) is 18.4 Å². The summed E-state index contributed by atoms with van der Waals surface area (Å²) in [6.07, 6.45) is 2.27. The van der Waals surface area contributed by atoms with E-state index < -0.39 is 54.1 Å². The number of carboxylic acid groups (broad SMARTS) is 1. The fourth-order valence-electron chi connectivity index (χ4n) is 3.65. The first-order valence-corrected chi connectivity index (χ1v) is 11.1. The molecule has 2 aliphatic rings. The zero-order chi connectivity index (χ0) is 25.9. The number of nitrogens with zero attached hydrogens (tertiary/aromatic N) is 2. The molecule has 1 aromatic carbocycles. The zero-order valence-electron chi connectivity index (χ0n) is 18.1. The highest BCUT2D eigenvalue weighted by Crippen LogP contribution is 2.29. The lowest BCUT2D eigenvalue weighted by atomic mass is 10.1. The predicted molar refractivity (Wildman–Crippen MR) is 123 cm³/mol. The highest BCUT2D eigenvalue weighted by molar-refractivity contribution is 6.39. The number of anilines is 1. The molecule has 5 N–H and O–H groups in total. The molecule has 14 heteroatoms. The molecule has 2 heterocycles. The number of carboxylic acids is 1. The van der Waals surface area contributed by atoms with Gasteiger partial charge in [-0.1, -0.05) is 29.3 Å². The van der Waals surface area contributed by atoms with Crippen LogP contribution in [-0.4, -0.2) is 69.1 Å². The molecule has 3 atom stereocenters. The second-order valence-corrected chi connectivity index (χ2v) is 8.64. The Balaban J connectivity index is 1.84. The van der Waals surface area contributed by atoms with Crippen molar-refractivity contribution < 1.29 is 33.9 Å². The largest absolute Gasteiger partial charge is 0.481 e. The second-order valence-electron chi connectivity index (χ2n) is 7.82. The third kappa shape index (κ3) is 5.72. The summed E-state index contributed by atoms with van der Waals surface area (Å²) >= 11 is 12.0. The number of benzene rings is 1. The Morgan fingerprint density at radius 3 is 2.49 bits per heavy atom. The number of hydrogen-bond donors (Lipinski definition) is 4. The highest BCUT2D eigenvalue weighted by Gasteiger charge is 2.43. The van der Waals surface area contributed by atoms with Crippen molar-refractivity contribution in [1.82, 2.24) is 20.7 Å². The number of carbonyl (C=O) groups is 6. The van der Waals surface area contributed by atoms with Crippen LogP contribution < -0.4 is 16.4 Å². The molecule has 0 bridgehead atoms. The molecule has 1 aromatic rings. The molecule has 0 spiro atoms. The Kier molecular flexibility index (Phi) is 7.97. The normalized spacial score (nSPS) is 20.5. The number of fused-ring (bicyclic) bond motifs is 1. The molecule has 1 fully saturated rings. The van der Waals surface area contributed by atoms with Crippen LogP contribution in [-0.2, 0) is 24.0 Å². The van der Waals surface area contributed by atoms with Gasteiger partial charge in [0.05, 0.1) is 28.2 Å². The van der Waals surface area contributed by atoms with E-state index in [0.29, 0.717) is 0 Å². The van der Waals surface area contributed by atoms with E-state index in [0.717, 1.165) is 10.0 Å².